The molecule has 0 N–H and O–H groups in total. The van der Waals surface area contributed by atoms with Crippen molar-refractivity contribution >= 4 is 27.1 Å². The second kappa shape index (κ2) is 5.80. The van der Waals surface area contributed by atoms with Crippen LogP contribution in [-0.2, 0) is 14.6 Å². The molecule has 0 amide bonds. The first kappa shape index (κ1) is 14.8. The van der Waals surface area contributed by atoms with Crippen molar-refractivity contribution in [1.82, 2.24) is 4.57 Å². The van der Waals surface area contributed by atoms with Gasteiger partial charge in [0.15, 0.2) is 9.84 Å². The monoisotopic (exact) mass is 313 g/mol. The third-order valence-corrected chi connectivity index (χ3v) is 5.80. The van der Waals surface area contributed by atoms with Crippen LogP contribution in [0.4, 0.5) is 0 Å². The molecule has 7 heteroatoms. The van der Waals surface area contributed by atoms with Crippen molar-refractivity contribution in [3.8, 4) is 5.69 Å². The first-order valence-corrected chi connectivity index (χ1v) is 8.60. The third-order valence-electron chi connectivity index (χ3n) is 2.77. The Labute approximate surface area is 121 Å². The van der Waals surface area contributed by atoms with Gasteiger partial charge in [0.1, 0.15) is 9.77 Å². The molecule has 0 fully saturated rings. The van der Waals surface area contributed by atoms with Crippen molar-refractivity contribution in [3.05, 3.63) is 34.8 Å². The number of sulfone groups is 1. The van der Waals surface area contributed by atoms with E-state index in [4.69, 9.17) is 4.74 Å². The van der Waals surface area contributed by atoms with Crippen molar-refractivity contribution in [2.24, 2.45) is 0 Å². The van der Waals surface area contributed by atoms with E-state index in [1.54, 1.807) is 36.0 Å². The Bertz CT molecular complexity index is 699. The average molecular weight is 313 g/mol. The van der Waals surface area contributed by atoms with Gasteiger partial charge in [0, 0.05) is 17.8 Å². The fourth-order valence-corrected chi connectivity index (χ4v) is 4.80. The number of rotatable bonds is 5. The summed E-state index contributed by atoms with van der Waals surface area (Å²) in [5.41, 5.74) is 0.375. The molecule has 0 spiro atoms. The number of ether oxygens (including phenoxy) is 1. The predicted molar refractivity (Wildman–Crippen MR) is 77.3 cm³/mol. The van der Waals surface area contributed by atoms with E-state index in [0.717, 1.165) is 11.3 Å². The number of nitrogens with zero attached hydrogens (tertiary/aromatic N) is 1. The van der Waals surface area contributed by atoms with Crippen LogP contribution >= 0.6 is 11.3 Å². The zero-order chi connectivity index (χ0) is 14.8. The fraction of sp³-hybridized carbons (Fsp3) is 0.308. The van der Waals surface area contributed by atoms with Crippen LogP contribution in [0.1, 0.15) is 23.0 Å². The van der Waals surface area contributed by atoms with Crippen molar-refractivity contribution < 1.29 is 17.9 Å². The molecule has 20 heavy (non-hydrogen) atoms. The Morgan fingerprint density at radius 1 is 1.35 bits per heavy atom. The van der Waals surface area contributed by atoms with E-state index in [1.807, 2.05) is 0 Å². The fourth-order valence-electron chi connectivity index (χ4n) is 1.90. The van der Waals surface area contributed by atoms with Gasteiger partial charge in [0.25, 0.3) is 0 Å². The number of methoxy groups -OCH3 is 1. The minimum absolute atomic E-state index is 0.0542. The van der Waals surface area contributed by atoms with Crippen LogP contribution in [-0.4, -0.2) is 31.8 Å². The van der Waals surface area contributed by atoms with Gasteiger partial charge in [-0.25, -0.2) is 13.2 Å². The minimum Gasteiger partial charge on any atom is -0.465 e. The van der Waals surface area contributed by atoms with Crippen LogP contribution in [0.3, 0.4) is 0 Å². The molecule has 0 saturated carbocycles. The standard InChI is InChI=1S/C13H15NO4S2/c1-3-8-20(16,17)10-9-19-12(13(15)18-2)11(10)14-6-4-5-7-14/h4-7,9H,3,8H2,1-2H3. The average Bonchev–Trinajstić information content (AvgIpc) is 3.06. The van der Waals surface area contributed by atoms with Crippen LogP contribution in [0.2, 0.25) is 0 Å². The highest BCUT2D eigenvalue weighted by molar-refractivity contribution is 7.91. The summed E-state index contributed by atoms with van der Waals surface area (Å²) in [6.45, 7) is 1.81. The molecule has 0 unspecified atom stereocenters. The third kappa shape index (κ3) is 2.64. The molecule has 108 valence electrons. The van der Waals surface area contributed by atoms with Crippen LogP contribution in [0.5, 0.6) is 0 Å². The van der Waals surface area contributed by atoms with Gasteiger partial charge < -0.3 is 9.30 Å². The molecule has 0 saturated heterocycles. The first-order chi connectivity index (χ1) is 9.51. The molecule has 2 rings (SSSR count). The van der Waals surface area contributed by atoms with Gasteiger partial charge in [-0.2, -0.15) is 0 Å². The van der Waals surface area contributed by atoms with Crippen molar-refractivity contribution in [1.29, 1.82) is 0 Å². The van der Waals surface area contributed by atoms with Crippen LogP contribution in [0.25, 0.3) is 5.69 Å². The van der Waals surface area contributed by atoms with E-state index in [0.29, 0.717) is 17.0 Å². The Morgan fingerprint density at radius 2 is 2.00 bits per heavy atom. The second-order valence-electron chi connectivity index (χ2n) is 4.18. The van der Waals surface area contributed by atoms with Gasteiger partial charge in [-0.15, -0.1) is 11.3 Å². The van der Waals surface area contributed by atoms with E-state index >= 15 is 0 Å². The van der Waals surface area contributed by atoms with E-state index < -0.39 is 15.8 Å². The van der Waals surface area contributed by atoms with E-state index in [9.17, 15) is 13.2 Å². The van der Waals surface area contributed by atoms with Gasteiger partial charge in [0.2, 0.25) is 0 Å². The van der Waals surface area contributed by atoms with E-state index in [-0.39, 0.29) is 10.6 Å². The number of esters is 1. The number of carbonyl (C=O) groups is 1. The smallest absolute Gasteiger partial charge is 0.350 e. The molecule has 0 atom stereocenters. The molecule has 2 aromatic heterocycles. The summed E-state index contributed by atoms with van der Waals surface area (Å²) in [6, 6.07) is 3.55. The van der Waals surface area contributed by atoms with Crippen LogP contribution < -0.4 is 0 Å². The lowest BCUT2D eigenvalue weighted by Crippen LogP contribution is -2.10. The summed E-state index contributed by atoms with van der Waals surface area (Å²) in [6.07, 6.45) is 3.94. The van der Waals surface area contributed by atoms with Crippen molar-refractivity contribution in [2.75, 3.05) is 12.9 Å². The van der Waals surface area contributed by atoms with Gasteiger partial charge in [-0.3, -0.25) is 0 Å². The summed E-state index contributed by atoms with van der Waals surface area (Å²) in [5, 5.41) is 1.51. The zero-order valence-electron chi connectivity index (χ0n) is 11.2. The van der Waals surface area contributed by atoms with Crippen molar-refractivity contribution in [3.63, 3.8) is 0 Å². The molecule has 0 bridgehead atoms. The summed E-state index contributed by atoms with van der Waals surface area (Å²) < 4.78 is 31.0. The lowest BCUT2D eigenvalue weighted by atomic mass is 10.4. The topological polar surface area (TPSA) is 65.4 Å². The van der Waals surface area contributed by atoms with Gasteiger partial charge in [-0.05, 0) is 18.6 Å². The highest BCUT2D eigenvalue weighted by Gasteiger charge is 2.27. The largest absolute Gasteiger partial charge is 0.465 e. The summed E-state index contributed by atoms with van der Waals surface area (Å²) in [5.74, 6) is -0.477. The number of aromatic nitrogens is 1. The number of hydrogen-bond donors (Lipinski definition) is 0. The molecule has 0 aliphatic rings. The minimum atomic E-state index is -3.41. The molecular weight excluding hydrogens is 298 g/mol. The quantitative estimate of drug-likeness (QED) is 0.796. The summed E-state index contributed by atoms with van der Waals surface area (Å²) in [4.78, 5) is 12.3. The molecule has 0 radical (unpaired) electrons. The normalized spacial score (nSPS) is 11.5. The Kier molecular flexibility index (Phi) is 4.29. The maximum Gasteiger partial charge on any atom is 0.350 e. The van der Waals surface area contributed by atoms with Gasteiger partial charge in [0.05, 0.1) is 18.6 Å². The highest BCUT2D eigenvalue weighted by atomic mass is 32.2. The molecular formula is C13H15NO4S2. The number of thiophene rings is 1. The molecule has 2 heterocycles. The summed E-state index contributed by atoms with van der Waals surface area (Å²) in [7, 11) is -2.13. The molecule has 5 nitrogen and oxygen atoms in total. The first-order valence-electron chi connectivity index (χ1n) is 6.07. The Morgan fingerprint density at radius 3 is 2.55 bits per heavy atom. The molecule has 0 aliphatic carbocycles. The van der Waals surface area contributed by atoms with E-state index in [2.05, 4.69) is 0 Å². The Balaban J connectivity index is 2.66. The van der Waals surface area contributed by atoms with E-state index in [1.165, 1.54) is 12.5 Å². The predicted octanol–water partition coefficient (Wildman–Crippen LogP) is 2.51. The second-order valence-corrected chi connectivity index (χ2v) is 7.14. The maximum absolute atomic E-state index is 12.3. The SMILES string of the molecule is CCCS(=O)(=O)c1csc(C(=O)OC)c1-n1cccc1. The number of carbonyl (C=O) groups excluding carboxylic acids is 1. The Hall–Kier alpha value is -1.60. The zero-order valence-corrected chi connectivity index (χ0v) is 12.8. The van der Waals surface area contributed by atoms with Crippen LogP contribution in [0, 0.1) is 0 Å². The van der Waals surface area contributed by atoms with Gasteiger partial charge in [-0.1, -0.05) is 6.92 Å². The number of hydrogen-bond acceptors (Lipinski definition) is 5. The lowest BCUT2D eigenvalue weighted by molar-refractivity contribution is 0.0606. The highest BCUT2D eigenvalue weighted by Crippen LogP contribution is 2.32. The molecule has 0 aromatic carbocycles. The maximum atomic E-state index is 12.3. The summed E-state index contributed by atoms with van der Waals surface area (Å²) >= 11 is 1.09. The van der Waals surface area contributed by atoms with Crippen molar-refractivity contribution in [2.45, 2.75) is 18.2 Å². The molecule has 2 aromatic rings. The van der Waals surface area contributed by atoms with Crippen LogP contribution in [0.15, 0.2) is 34.8 Å². The van der Waals surface area contributed by atoms with Gasteiger partial charge >= 0.3 is 5.97 Å². The molecule has 0 aliphatic heterocycles. The lowest BCUT2D eigenvalue weighted by Gasteiger charge is -2.08.